The molecule has 0 spiro atoms. The van der Waals surface area contributed by atoms with E-state index >= 15 is 0 Å². The van der Waals surface area contributed by atoms with E-state index in [0.717, 1.165) is 0 Å². The fourth-order valence-electron chi connectivity index (χ4n) is 2.46. The Hall–Kier alpha value is -3.17. The van der Waals surface area contributed by atoms with Crippen molar-refractivity contribution >= 4 is 17.6 Å². The van der Waals surface area contributed by atoms with Crippen LogP contribution >= 0.6 is 11.6 Å². The molecule has 5 nitrogen and oxygen atoms in total. The van der Waals surface area contributed by atoms with Crippen LogP contribution in [0.3, 0.4) is 0 Å². The van der Waals surface area contributed by atoms with E-state index in [-0.39, 0.29) is 23.1 Å². The summed E-state index contributed by atoms with van der Waals surface area (Å²) in [5, 5.41) is 13.4. The first-order valence-corrected chi connectivity index (χ1v) is 8.05. The van der Waals surface area contributed by atoms with Crippen molar-refractivity contribution in [2.75, 3.05) is 0 Å². The van der Waals surface area contributed by atoms with Gasteiger partial charge < -0.3 is 4.74 Å². The number of nitrogens with zero attached hydrogens (tertiary/aromatic N) is 3. The lowest BCUT2D eigenvalue weighted by molar-refractivity contribution is 0.0472. The number of esters is 1. The molecule has 0 aliphatic carbocycles. The van der Waals surface area contributed by atoms with E-state index in [4.69, 9.17) is 21.6 Å². The fourth-order valence-corrected chi connectivity index (χ4v) is 2.80. The van der Waals surface area contributed by atoms with Gasteiger partial charge in [-0.2, -0.15) is 10.4 Å². The minimum absolute atomic E-state index is 0.0555. The third-order valence-electron chi connectivity index (χ3n) is 3.78. The zero-order valence-electron chi connectivity index (χ0n) is 13.7. The summed E-state index contributed by atoms with van der Waals surface area (Å²) in [6.45, 7) is 1.58. The first-order valence-electron chi connectivity index (χ1n) is 7.67. The molecule has 26 heavy (non-hydrogen) atoms. The number of hydrogen-bond acceptors (Lipinski definition) is 4. The maximum Gasteiger partial charge on any atom is 0.343 e. The number of carbonyl (C=O) groups excluding carboxylic acids is 1. The lowest BCUT2D eigenvalue weighted by Crippen LogP contribution is -2.07. The molecule has 0 fully saturated rings. The summed E-state index contributed by atoms with van der Waals surface area (Å²) in [4.78, 5) is 12.5. The highest BCUT2D eigenvalue weighted by Crippen LogP contribution is 2.25. The highest BCUT2D eigenvalue weighted by Gasteiger charge is 2.22. The van der Waals surface area contributed by atoms with Gasteiger partial charge in [-0.15, -0.1) is 0 Å². The predicted octanol–water partition coefficient (Wildman–Crippen LogP) is 4.20. The largest absolute Gasteiger partial charge is 0.457 e. The molecule has 0 unspecified atom stereocenters. The van der Waals surface area contributed by atoms with Gasteiger partial charge in [0, 0.05) is 5.56 Å². The van der Waals surface area contributed by atoms with Crippen molar-refractivity contribution in [3.63, 3.8) is 0 Å². The number of hydrogen-bond donors (Lipinski definition) is 0. The Morgan fingerprint density at radius 1 is 1.27 bits per heavy atom. The molecule has 0 bridgehead atoms. The van der Waals surface area contributed by atoms with Gasteiger partial charge in [-0.3, -0.25) is 0 Å². The van der Waals surface area contributed by atoms with Crippen molar-refractivity contribution in [3.05, 3.63) is 81.9 Å². The van der Waals surface area contributed by atoms with Crippen molar-refractivity contribution in [2.24, 2.45) is 0 Å². The Labute approximate surface area is 154 Å². The summed E-state index contributed by atoms with van der Waals surface area (Å²) in [6.07, 6.45) is 0. The molecule has 0 radical (unpaired) electrons. The quantitative estimate of drug-likeness (QED) is 0.646. The van der Waals surface area contributed by atoms with E-state index in [2.05, 4.69) is 5.10 Å². The van der Waals surface area contributed by atoms with E-state index in [0.29, 0.717) is 22.5 Å². The smallest absolute Gasteiger partial charge is 0.343 e. The lowest BCUT2D eigenvalue weighted by atomic mass is 10.1. The summed E-state index contributed by atoms with van der Waals surface area (Å²) >= 11 is 6.29. The van der Waals surface area contributed by atoms with Gasteiger partial charge in [0.2, 0.25) is 0 Å². The van der Waals surface area contributed by atoms with Crippen LogP contribution in [0.15, 0.2) is 48.5 Å². The predicted molar refractivity (Wildman–Crippen MR) is 93.5 cm³/mol. The number of halogens is 2. The molecule has 1 heterocycles. The topological polar surface area (TPSA) is 67.9 Å². The number of carbonyl (C=O) groups is 1. The standard InChI is InChI=1S/C19H13ClFN3O2/c1-12-17(18(20)24(23-12)16-8-6-15(21)7-9-16)19(25)26-11-14-5-3-2-4-13(14)10-22/h2-9H,11H2,1H3. The van der Waals surface area contributed by atoms with Crippen molar-refractivity contribution in [3.8, 4) is 11.8 Å². The molecule has 0 aliphatic heterocycles. The first kappa shape index (κ1) is 17.6. The highest BCUT2D eigenvalue weighted by atomic mass is 35.5. The van der Waals surface area contributed by atoms with E-state index in [9.17, 15) is 9.18 Å². The zero-order valence-corrected chi connectivity index (χ0v) is 14.5. The zero-order chi connectivity index (χ0) is 18.7. The fraction of sp³-hybridized carbons (Fsp3) is 0.105. The van der Waals surface area contributed by atoms with Crippen LogP contribution in [-0.2, 0) is 11.3 Å². The Kier molecular flexibility index (Phi) is 5.01. The number of nitriles is 1. The van der Waals surface area contributed by atoms with Crippen LogP contribution in [0.25, 0.3) is 5.69 Å². The number of benzene rings is 2. The summed E-state index contributed by atoms with van der Waals surface area (Å²) in [7, 11) is 0. The van der Waals surface area contributed by atoms with Crippen LogP contribution in [0.4, 0.5) is 4.39 Å². The van der Waals surface area contributed by atoms with Crippen LogP contribution < -0.4 is 0 Å². The third kappa shape index (κ3) is 3.44. The highest BCUT2D eigenvalue weighted by molar-refractivity contribution is 6.33. The SMILES string of the molecule is Cc1nn(-c2ccc(F)cc2)c(Cl)c1C(=O)OCc1ccccc1C#N. The number of rotatable bonds is 4. The van der Waals surface area contributed by atoms with Crippen LogP contribution in [0.2, 0.25) is 5.15 Å². The number of ether oxygens (including phenoxy) is 1. The molecule has 7 heteroatoms. The molecule has 0 aliphatic rings. The van der Waals surface area contributed by atoms with Crippen molar-refractivity contribution < 1.29 is 13.9 Å². The molecule has 130 valence electrons. The summed E-state index contributed by atoms with van der Waals surface area (Å²) in [5.74, 6) is -1.03. The molecule has 0 atom stereocenters. The van der Waals surface area contributed by atoms with Crippen LogP contribution in [0.5, 0.6) is 0 Å². The van der Waals surface area contributed by atoms with Gasteiger partial charge in [-0.25, -0.2) is 13.9 Å². The Morgan fingerprint density at radius 2 is 1.96 bits per heavy atom. The lowest BCUT2D eigenvalue weighted by Gasteiger charge is -2.06. The first-order chi connectivity index (χ1) is 12.5. The number of aromatic nitrogens is 2. The third-order valence-corrected chi connectivity index (χ3v) is 4.13. The second-order valence-corrected chi connectivity index (χ2v) is 5.84. The maximum absolute atomic E-state index is 13.1. The van der Waals surface area contributed by atoms with Gasteiger partial charge >= 0.3 is 5.97 Å². The van der Waals surface area contributed by atoms with Crippen LogP contribution in [0.1, 0.15) is 27.2 Å². The van der Waals surface area contributed by atoms with Gasteiger partial charge in [-0.1, -0.05) is 29.8 Å². The van der Waals surface area contributed by atoms with Crippen molar-refractivity contribution in [1.82, 2.24) is 9.78 Å². The molecule has 3 rings (SSSR count). The minimum Gasteiger partial charge on any atom is -0.457 e. The Bertz CT molecular complexity index is 1010. The average molecular weight is 370 g/mol. The Balaban J connectivity index is 1.84. The molecule has 0 N–H and O–H groups in total. The Morgan fingerprint density at radius 3 is 2.65 bits per heavy atom. The molecule has 1 aromatic heterocycles. The van der Waals surface area contributed by atoms with Gasteiger partial charge in [-0.05, 0) is 37.3 Å². The van der Waals surface area contributed by atoms with Gasteiger partial charge in [0.1, 0.15) is 23.1 Å². The van der Waals surface area contributed by atoms with E-state index in [1.165, 1.54) is 28.9 Å². The second-order valence-electron chi connectivity index (χ2n) is 5.48. The normalized spacial score (nSPS) is 10.4. The van der Waals surface area contributed by atoms with Crippen molar-refractivity contribution in [2.45, 2.75) is 13.5 Å². The van der Waals surface area contributed by atoms with Gasteiger partial charge in [0.25, 0.3) is 0 Å². The van der Waals surface area contributed by atoms with E-state index < -0.39 is 5.97 Å². The van der Waals surface area contributed by atoms with E-state index in [1.807, 2.05) is 6.07 Å². The molecule has 0 saturated heterocycles. The van der Waals surface area contributed by atoms with Crippen LogP contribution in [0, 0.1) is 24.1 Å². The summed E-state index contributed by atoms with van der Waals surface area (Å²) in [6, 6.07) is 14.5. The monoisotopic (exact) mass is 369 g/mol. The molecule has 0 amide bonds. The molecule has 0 saturated carbocycles. The molecule has 3 aromatic rings. The molecular weight excluding hydrogens is 357 g/mol. The summed E-state index contributed by atoms with van der Waals surface area (Å²) in [5.41, 5.74) is 2.07. The van der Waals surface area contributed by atoms with Crippen LogP contribution in [-0.4, -0.2) is 15.7 Å². The van der Waals surface area contributed by atoms with Gasteiger partial charge in [0.05, 0.1) is 23.0 Å². The minimum atomic E-state index is -0.645. The summed E-state index contributed by atoms with van der Waals surface area (Å²) < 4.78 is 19.7. The second kappa shape index (κ2) is 7.38. The molecular formula is C19H13ClFN3O2. The average Bonchev–Trinajstić information content (AvgIpc) is 2.95. The number of aryl methyl sites for hydroxylation is 1. The van der Waals surface area contributed by atoms with Gasteiger partial charge in [0.15, 0.2) is 0 Å². The maximum atomic E-state index is 13.1. The molecule has 2 aromatic carbocycles. The van der Waals surface area contributed by atoms with E-state index in [1.54, 1.807) is 31.2 Å². The van der Waals surface area contributed by atoms with Crippen molar-refractivity contribution in [1.29, 1.82) is 5.26 Å².